The Balaban J connectivity index is 1.34. The largest absolute Gasteiger partial charge is 0.484 e. The molecule has 2 amide bonds. The molecule has 1 atom stereocenters. The lowest BCUT2D eigenvalue weighted by Crippen LogP contribution is -2.51. The first kappa shape index (κ1) is 17.7. The number of carbonyl (C=O) groups excluding carboxylic acids is 2. The summed E-state index contributed by atoms with van der Waals surface area (Å²) in [6.45, 7) is 2.94. The zero-order valence-corrected chi connectivity index (χ0v) is 15.7. The maximum atomic E-state index is 13.0. The Labute approximate surface area is 159 Å². The Morgan fingerprint density at radius 1 is 1.27 bits per heavy atom. The molecule has 1 aliphatic carbocycles. The Morgan fingerprint density at radius 3 is 2.88 bits per heavy atom. The van der Waals surface area contributed by atoms with Crippen LogP contribution >= 0.6 is 11.6 Å². The summed E-state index contributed by atoms with van der Waals surface area (Å²) in [7, 11) is 0. The lowest BCUT2D eigenvalue weighted by molar-refractivity contribution is -0.146. The van der Waals surface area contributed by atoms with Gasteiger partial charge in [-0.05, 0) is 56.2 Å². The number of hydrogen-bond acceptors (Lipinski definition) is 3. The van der Waals surface area contributed by atoms with E-state index >= 15 is 0 Å². The summed E-state index contributed by atoms with van der Waals surface area (Å²) < 4.78 is 5.57. The van der Waals surface area contributed by atoms with Gasteiger partial charge in [-0.25, -0.2) is 0 Å². The first-order valence-electron chi connectivity index (χ1n) is 9.51. The van der Waals surface area contributed by atoms with Crippen LogP contribution in [0.5, 0.6) is 5.75 Å². The molecule has 4 rings (SSSR count). The van der Waals surface area contributed by atoms with Crippen LogP contribution in [0.2, 0.25) is 5.02 Å². The Bertz CT molecular complexity index is 706. The molecule has 2 aliphatic heterocycles. The van der Waals surface area contributed by atoms with Gasteiger partial charge in [-0.1, -0.05) is 17.7 Å². The summed E-state index contributed by atoms with van der Waals surface area (Å²) >= 11 is 5.94. The number of halogens is 1. The maximum absolute atomic E-state index is 13.0. The van der Waals surface area contributed by atoms with E-state index in [1.165, 1.54) is 12.8 Å². The van der Waals surface area contributed by atoms with Gasteiger partial charge in [-0.15, -0.1) is 0 Å². The standard InChI is InChI=1S/C20H25ClN2O3/c21-16-3-1-4-17(11-16)26-13-18(24)23-10-8-20(14-23)7-2-9-22(19(20)25)12-15-5-6-15/h1,3-4,11,15H,2,5-10,12-14H2. The van der Waals surface area contributed by atoms with E-state index in [0.29, 0.717) is 29.8 Å². The average molecular weight is 377 g/mol. The molecule has 0 N–H and O–H groups in total. The van der Waals surface area contributed by atoms with Crippen molar-refractivity contribution >= 4 is 23.4 Å². The summed E-state index contributed by atoms with van der Waals surface area (Å²) in [6, 6.07) is 7.04. The van der Waals surface area contributed by atoms with Crippen LogP contribution in [0.25, 0.3) is 0 Å². The molecule has 1 aromatic rings. The minimum atomic E-state index is -0.362. The SMILES string of the molecule is O=C(COc1cccc(Cl)c1)N1CCC2(CCCN(CC3CC3)C2=O)C1. The van der Waals surface area contributed by atoms with Crippen molar-refractivity contribution < 1.29 is 14.3 Å². The molecule has 1 aromatic carbocycles. The van der Waals surface area contributed by atoms with Gasteiger partial charge in [0.25, 0.3) is 5.91 Å². The fourth-order valence-electron chi connectivity index (χ4n) is 4.20. The lowest BCUT2D eigenvalue weighted by Gasteiger charge is -2.39. The fourth-order valence-corrected chi connectivity index (χ4v) is 4.38. The Kier molecular flexibility index (Phi) is 4.82. The molecule has 5 nitrogen and oxygen atoms in total. The molecule has 3 fully saturated rings. The first-order chi connectivity index (χ1) is 12.6. The minimum absolute atomic E-state index is 0.0175. The van der Waals surface area contributed by atoms with Crippen molar-refractivity contribution in [2.75, 3.05) is 32.8 Å². The average Bonchev–Trinajstić information content (AvgIpc) is 3.35. The van der Waals surface area contributed by atoms with E-state index in [0.717, 1.165) is 32.4 Å². The number of benzene rings is 1. The van der Waals surface area contributed by atoms with Crippen molar-refractivity contribution in [2.45, 2.75) is 32.1 Å². The summed E-state index contributed by atoms with van der Waals surface area (Å²) in [5.41, 5.74) is -0.362. The zero-order valence-electron chi connectivity index (χ0n) is 15.0. The van der Waals surface area contributed by atoms with Crippen molar-refractivity contribution in [3.8, 4) is 5.75 Å². The minimum Gasteiger partial charge on any atom is -0.484 e. The molecule has 1 unspecified atom stereocenters. The van der Waals surface area contributed by atoms with E-state index in [2.05, 4.69) is 4.90 Å². The van der Waals surface area contributed by atoms with Crippen molar-refractivity contribution in [2.24, 2.45) is 11.3 Å². The topological polar surface area (TPSA) is 49.9 Å². The summed E-state index contributed by atoms with van der Waals surface area (Å²) in [5, 5.41) is 0.582. The van der Waals surface area contributed by atoms with Crippen molar-refractivity contribution in [3.05, 3.63) is 29.3 Å². The van der Waals surface area contributed by atoms with E-state index in [1.807, 2.05) is 0 Å². The van der Waals surface area contributed by atoms with Gasteiger partial charge < -0.3 is 14.5 Å². The highest BCUT2D eigenvalue weighted by atomic mass is 35.5. The van der Waals surface area contributed by atoms with Crippen molar-refractivity contribution in [3.63, 3.8) is 0 Å². The van der Waals surface area contributed by atoms with Crippen molar-refractivity contribution in [1.82, 2.24) is 9.80 Å². The fraction of sp³-hybridized carbons (Fsp3) is 0.600. The molecule has 140 valence electrons. The number of hydrogen-bond donors (Lipinski definition) is 0. The monoisotopic (exact) mass is 376 g/mol. The number of carbonyl (C=O) groups is 2. The molecule has 0 radical (unpaired) electrons. The van der Waals surface area contributed by atoms with Gasteiger partial charge in [0.2, 0.25) is 5.91 Å². The van der Waals surface area contributed by atoms with Crippen LogP contribution in [-0.2, 0) is 9.59 Å². The van der Waals surface area contributed by atoms with Gasteiger partial charge >= 0.3 is 0 Å². The number of likely N-dealkylation sites (tertiary alicyclic amines) is 2. The van der Waals surface area contributed by atoms with E-state index < -0.39 is 0 Å². The van der Waals surface area contributed by atoms with E-state index in [9.17, 15) is 9.59 Å². The Morgan fingerprint density at radius 2 is 2.12 bits per heavy atom. The molecular weight excluding hydrogens is 352 g/mol. The second-order valence-corrected chi connectivity index (χ2v) is 8.33. The molecule has 2 saturated heterocycles. The molecule has 1 spiro atoms. The molecule has 1 saturated carbocycles. The van der Waals surface area contributed by atoms with Gasteiger partial charge in [0, 0.05) is 31.2 Å². The smallest absolute Gasteiger partial charge is 0.260 e. The Hall–Kier alpha value is -1.75. The summed E-state index contributed by atoms with van der Waals surface area (Å²) in [6.07, 6.45) is 5.21. The van der Waals surface area contributed by atoms with Crippen LogP contribution in [0.4, 0.5) is 0 Å². The predicted octanol–water partition coefficient (Wildman–Crippen LogP) is 2.97. The molecular formula is C20H25ClN2O3. The lowest BCUT2D eigenvalue weighted by atomic mass is 9.78. The van der Waals surface area contributed by atoms with Gasteiger partial charge in [-0.3, -0.25) is 9.59 Å². The van der Waals surface area contributed by atoms with Crippen LogP contribution in [0.1, 0.15) is 32.1 Å². The third-order valence-corrected chi connectivity index (χ3v) is 6.10. The molecule has 6 heteroatoms. The summed E-state index contributed by atoms with van der Waals surface area (Å²) in [5.74, 6) is 1.50. The number of piperidine rings is 1. The highest BCUT2D eigenvalue weighted by Crippen LogP contribution is 2.41. The number of ether oxygens (including phenoxy) is 1. The highest BCUT2D eigenvalue weighted by molar-refractivity contribution is 6.30. The van der Waals surface area contributed by atoms with Crippen LogP contribution in [0.15, 0.2) is 24.3 Å². The van der Waals surface area contributed by atoms with Crippen molar-refractivity contribution in [1.29, 1.82) is 0 Å². The van der Waals surface area contributed by atoms with E-state index in [1.54, 1.807) is 29.2 Å². The van der Waals surface area contributed by atoms with E-state index in [-0.39, 0.29) is 23.8 Å². The summed E-state index contributed by atoms with van der Waals surface area (Å²) in [4.78, 5) is 29.4. The second kappa shape index (κ2) is 7.10. The number of rotatable bonds is 5. The molecule has 2 heterocycles. The molecule has 26 heavy (non-hydrogen) atoms. The molecule has 3 aliphatic rings. The first-order valence-corrected chi connectivity index (χ1v) is 9.89. The van der Waals surface area contributed by atoms with Crippen LogP contribution in [-0.4, -0.2) is 54.4 Å². The van der Waals surface area contributed by atoms with Gasteiger partial charge in [0.1, 0.15) is 5.75 Å². The third kappa shape index (κ3) is 3.68. The van der Waals surface area contributed by atoms with Gasteiger partial charge in [-0.2, -0.15) is 0 Å². The number of nitrogens with zero attached hydrogens (tertiary/aromatic N) is 2. The number of amides is 2. The third-order valence-electron chi connectivity index (χ3n) is 5.86. The predicted molar refractivity (Wildman–Crippen MR) is 99.1 cm³/mol. The van der Waals surface area contributed by atoms with Gasteiger partial charge in [0.05, 0.1) is 5.41 Å². The highest BCUT2D eigenvalue weighted by Gasteiger charge is 2.49. The van der Waals surface area contributed by atoms with Gasteiger partial charge in [0.15, 0.2) is 6.61 Å². The molecule has 0 bridgehead atoms. The van der Waals surface area contributed by atoms with Crippen LogP contribution in [0, 0.1) is 11.3 Å². The second-order valence-electron chi connectivity index (χ2n) is 7.89. The van der Waals surface area contributed by atoms with Crippen LogP contribution in [0.3, 0.4) is 0 Å². The molecule has 0 aromatic heterocycles. The van der Waals surface area contributed by atoms with Crippen LogP contribution < -0.4 is 4.74 Å². The quantitative estimate of drug-likeness (QED) is 0.793. The zero-order chi connectivity index (χ0) is 18.1. The maximum Gasteiger partial charge on any atom is 0.260 e. The van der Waals surface area contributed by atoms with E-state index in [4.69, 9.17) is 16.3 Å². The normalized spacial score (nSPS) is 25.8.